The molecule has 1 aliphatic heterocycles. The van der Waals surface area contributed by atoms with E-state index in [0.29, 0.717) is 19.4 Å². The first kappa shape index (κ1) is 20.3. The Hall–Kier alpha value is -1.99. The van der Waals surface area contributed by atoms with Crippen LogP contribution in [0.15, 0.2) is 24.3 Å². The van der Waals surface area contributed by atoms with E-state index in [9.17, 15) is 19.1 Å². The number of hydrogen-bond donors (Lipinski definition) is 2. The highest BCUT2D eigenvalue weighted by molar-refractivity contribution is 5.84. The van der Waals surface area contributed by atoms with Gasteiger partial charge in [0.2, 0.25) is 5.91 Å². The van der Waals surface area contributed by atoms with Gasteiger partial charge in [-0.25, -0.2) is 4.79 Å². The van der Waals surface area contributed by atoms with Gasteiger partial charge in [0, 0.05) is 31.8 Å². The molecule has 0 radical (unpaired) electrons. The smallest absolute Gasteiger partial charge is 0.326 e. The molecule has 1 amide bonds. The normalized spacial score (nSPS) is 21.0. The van der Waals surface area contributed by atoms with E-state index in [-0.39, 0.29) is 44.1 Å². The third kappa shape index (κ3) is 5.78. The molecule has 0 spiro atoms. The van der Waals surface area contributed by atoms with Crippen molar-refractivity contribution in [2.24, 2.45) is 5.73 Å². The van der Waals surface area contributed by atoms with Gasteiger partial charge < -0.3 is 20.5 Å². The highest BCUT2D eigenvalue weighted by Gasteiger charge is 2.39. The zero-order chi connectivity index (χ0) is 19.1. The first-order chi connectivity index (χ1) is 12.4. The minimum absolute atomic E-state index is 0.0998. The van der Waals surface area contributed by atoms with Crippen LogP contribution in [0, 0.1) is 0 Å². The van der Waals surface area contributed by atoms with Crippen LogP contribution < -0.4 is 5.73 Å². The topological polar surface area (TPSA) is 92.9 Å². The number of aliphatic carboxylic acids is 1. The van der Waals surface area contributed by atoms with Gasteiger partial charge in [0.05, 0.1) is 19.4 Å². The number of aryl methyl sites for hydroxylation is 1. The number of carbonyl (C=O) groups excluding carboxylic acids is 1. The average molecular weight is 366 g/mol. The highest BCUT2D eigenvalue weighted by Crippen LogP contribution is 2.23. The SMILES string of the molecule is C[C@@H](N)CCC(=O)N1C[C@H](OCc2ccc(CCF)cc2)C[C@H]1C(=O)O. The van der Waals surface area contributed by atoms with Crippen LogP contribution in [0.5, 0.6) is 0 Å². The Balaban J connectivity index is 1.90. The summed E-state index contributed by atoms with van der Waals surface area (Å²) in [5, 5.41) is 9.39. The Labute approximate surface area is 153 Å². The van der Waals surface area contributed by atoms with Crippen molar-refractivity contribution in [3.8, 4) is 0 Å². The van der Waals surface area contributed by atoms with Crippen molar-refractivity contribution >= 4 is 11.9 Å². The molecular formula is C19H27FN2O4. The number of carbonyl (C=O) groups is 2. The summed E-state index contributed by atoms with van der Waals surface area (Å²) in [6, 6.07) is 6.51. The molecule has 0 saturated carbocycles. The van der Waals surface area contributed by atoms with E-state index in [4.69, 9.17) is 10.5 Å². The zero-order valence-corrected chi connectivity index (χ0v) is 15.1. The number of nitrogens with zero attached hydrogens (tertiary/aromatic N) is 1. The van der Waals surface area contributed by atoms with Gasteiger partial charge in [-0.2, -0.15) is 0 Å². The number of ether oxygens (including phenoxy) is 1. The monoisotopic (exact) mass is 366 g/mol. The third-order valence-electron chi connectivity index (χ3n) is 4.57. The van der Waals surface area contributed by atoms with Crippen molar-refractivity contribution in [2.75, 3.05) is 13.2 Å². The summed E-state index contributed by atoms with van der Waals surface area (Å²) in [6.07, 6.45) is 1.12. The molecular weight excluding hydrogens is 339 g/mol. The van der Waals surface area contributed by atoms with Gasteiger partial charge in [-0.3, -0.25) is 9.18 Å². The van der Waals surface area contributed by atoms with Crippen molar-refractivity contribution < 1.29 is 23.8 Å². The molecule has 26 heavy (non-hydrogen) atoms. The molecule has 1 fully saturated rings. The van der Waals surface area contributed by atoms with Crippen LogP contribution in [0.4, 0.5) is 4.39 Å². The van der Waals surface area contributed by atoms with Crippen molar-refractivity contribution in [1.82, 2.24) is 4.90 Å². The van der Waals surface area contributed by atoms with E-state index in [1.165, 1.54) is 4.90 Å². The molecule has 1 aromatic carbocycles. The van der Waals surface area contributed by atoms with E-state index in [1.54, 1.807) is 0 Å². The number of halogens is 1. The van der Waals surface area contributed by atoms with E-state index in [0.717, 1.165) is 11.1 Å². The molecule has 1 aromatic rings. The Kier molecular flexibility index (Phi) is 7.53. The highest BCUT2D eigenvalue weighted by atomic mass is 19.1. The number of carboxylic acids is 1. The quantitative estimate of drug-likeness (QED) is 0.696. The number of rotatable bonds is 9. The lowest BCUT2D eigenvalue weighted by Crippen LogP contribution is -2.41. The lowest BCUT2D eigenvalue weighted by atomic mass is 10.1. The molecule has 3 N–H and O–H groups in total. The van der Waals surface area contributed by atoms with E-state index in [2.05, 4.69) is 0 Å². The molecule has 0 aromatic heterocycles. The number of likely N-dealkylation sites (tertiary alicyclic amines) is 1. The summed E-state index contributed by atoms with van der Waals surface area (Å²) < 4.78 is 18.1. The molecule has 6 nitrogen and oxygen atoms in total. The maximum absolute atomic E-state index is 12.3. The molecule has 0 aliphatic carbocycles. The van der Waals surface area contributed by atoms with Gasteiger partial charge in [0.25, 0.3) is 0 Å². The standard InChI is InChI=1S/C19H27FN2O4/c1-13(21)2-7-18(23)22-11-16(10-17(22)19(24)25)26-12-15-5-3-14(4-6-15)8-9-20/h3-6,13,16-17H,2,7-12,21H2,1H3,(H,24,25)/t13-,16-,17+/m1/s1. The Bertz CT molecular complexity index is 606. The fourth-order valence-electron chi connectivity index (χ4n) is 3.05. The van der Waals surface area contributed by atoms with Gasteiger partial charge in [-0.05, 0) is 24.5 Å². The molecule has 3 atom stereocenters. The molecule has 144 valence electrons. The van der Waals surface area contributed by atoms with Crippen molar-refractivity contribution in [3.63, 3.8) is 0 Å². The van der Waals surface area contributed by atoms with Crippen molar-refractivity contribution in [3.05, 3.63) is 35.4 Å². The van der Waals surface area contributed by atoms with Crippen molar-refractivity contribution in [1.29, 1.82) is 0 Å². The van der Waals surface area contributed by atoms with Crippen LogP contribution in [0.3, 0.4) is 0 Å². The summed E-state index contributed by atoms with van der Waals surface area (Å²) in [4.78, 5) is 25.2. The maximum Gasteiger partial charge on any atom is 0.326 e. The minimum atomic E-state index is -1.01. The second kappa shape index (κ2) is 9.64. The van der Waals surface area contributed by atoms with Crippen LogP contribution in [-0.4, -0.2) is 53.3 Å². The molecule has 7 heteroatoms. The number of hydrogen-bond acceptors (Lipinski definition) is 4. The predicted octanol–water partition coefficient (Wildman–Crippen LogP) is 1.90. The summed E-state index contributed by atoms with van der Waals surface area (Å²) in [5.41, 5.74) is 7.53. The van der Waals surface area contributed by atoms with Crippen LogP contribution in [0.2, 0.25) is 0 Å². The first-order valence-corrected chi connectivity index (χ1v) is 8.94. The second-order valence-electron chi connectivity index (χ2n) is 6.84. The minimum Gasteiger partial charge on any atom is -0.480 e. The van der Waals surface area contributed by atoms with E-state index in [1.807, 2.05) is 31.2 Å². The number of nitrogens with two attached hydrogens (primary N) is 1. The summed E-state index contributed by atoms with van der Waals surface area (Å²) in [7, 11) is 0. The van der Waals surface area contributed by atoms with Gasteiger partial charge in [-0.1, -0.05) is 24.3 Å². The van der Waals surface area contributed by atoms with Crippen molar-refractivity contribution in [2.45, 2.75) is 57.4 Å². The van der Waals surface area contributed by atoms with E-state index < -0.39 is 12.0 Å². The largest absolute Gasteiger partial charge is 0.480 e. The number of benzene rings is 1. The van der Waals surface area contributed by atoms with Crippen LogP contribution in [0.25, 0.3) is 0 Å². The zero-order valence-electron chi connectivity index (χ0n) is 15.1. The number of amides is 1. The lowest BCUT2D eigenvalue weighted by molar-refractivity contribution is -0.148. The molecule has 2 rings (SSSR count). The van der Waals surface area contributed by atoms with Gasteiger partial charge in [0.15, 0.2) is 0 Å². The fraction of sp³-hybridized carbons (Fsp3) is 0.579. The lowest BCUT2D eigenvalue weighted by Gasteiger charge is -2.21. The third-order valence-corrected chi connectivity index (χ3v) is 4.57. The second-order valence-corrected chi connectivity index (χ2v) is 6.84. The Morgan fingerprint density at radius 1 is 1.35 bits per heavy atom. The van der Waals surface area contributed by atoms with E-state index >= 15 is 0 Å². The maximum atomic E-state index is 12.3. The predicted molar refractivity (Wildman–Crippen MR) is 95.3 cm³/mol. The Morgan fingerprint density at radius 2 is 2.00 bits per heavy atom. The average Bonchev–Trinajstić information content (AvgIpc) is 3.04. The van der Waals surface area contributed by atoms with Gasteiger partial charge in [-0.15, -0.1) is 0 Å². The molecule has 1 saturated heterocycles. The van der Waals surface area contributed by atoms with Crippen LogP contribution in [-0.2, 0) is 27.4 Å². The first-order valence-electron chi connectivity index (χ1n) is 8.94. The number of alkyl halides is 1. The molecule has 0 unspecified atom stereocenters. The fourth-order valence-corrected chi connectivity index (χ4v) is 3.05. The Morgan fingerprint density at radius 3 is 2.58 bits per heavy atom. The molecule has 0 bridgehead atoms. The van der Waals surface area contributed by atoms with Gasteiger partial charge in [0.1, 0.15) is 6.04 Å². The summed E-state index contributed by atoms with van der Waals surface area (Å²) >= 11 is 0. The summed E-state index contributed by atoms with van der Waals surface area (Å²) in [5.74, 6) is -1.21. The molecule has 1 aliphatic rings. The van der Waals surface area contributed by atoms with Gasteiger partial charge >= 0.3 is 5.97 Å². The van der Waals surface area contributed by atoms with Crippen LogP contribution in [0.1, 0.15) is 37.3 Å². The number of carboxylic acid groups (broad SMARTS) is 1. The summed E-state index contributed by atoms with van der Waals surface area (Å²) in [6.45, 7) is 2.03. The molecule has 1 heterocycles. The van der Waals surface area contributed by atoms with Crippen LogP contribution >= 0.6 is 0 Å².